The van der Waals surface area contributed by atoms with E-state index in [1.54, 1.807) is 23.0 Å². The molecule has 0 bridgehead atoms. The van der Waals surface area contributed by atoms with Crippen LogP contribution in [0.4, 0.5) is 0 Å². The van der Waals surface area contributed by atoms with E-state index in [2.05, 4.69) is 20.6 Å². The average Bonchev–Trinajstić information content (AvgIpc) is 3.15. The van der Waals surface area contributed by atoms with Crippen molar-refractivity contribution in [3.05, 3.63) is 35.3 Å². The molecule has 0 radical (unpaired) electrons. The number of aromatic nitrogens is 4. The number of hydrogen-bond donors (Lipinski definition) is 1. The van der Waals surface area contributed by atoms with Crippen LogP contribution < -0.4 is 10.1 Å². The summed E-state index contributed by atoms with van der Waals surface area (Å²) in [5, 5.41) is 14.9. The third-order valence-electron chi connectivity index (χ3n) is 4.07. The lowest BCUT2D eigenvalue weighted by Gasteiger charge is -2.19. The zero-order valence-corrected chi connectivity index (χ0v) is 13.3. The third kappa shape index (κ3) is 3.02. The van der Waals surface area contributed by atoms with Crippen molar-refractivity contribution >= 4 is 5.91 Å². The minimum absolute atomic E-state index is 0.116. The van der Waals surface area contributed by atoms with Crippen LogP contribution >= 0.6 is 0 Å². The van der Waals surface area contributed by atoms with Gasteiger partial charge in [-0.05, 0) is 19.4 Å². The molecular weight excluding hydrogens is 298 g/mol. The maximum atomic E-state index is 12.3. The number of carbonyl (C=O) groups excluding carboxylic acids is 1. The Balaban J connectivity index is 1.73. The monoisotopic (exact) mass is 317 g/mol. The lowest BCUT2D eigenvalue weighted by Crippen LogP contribution is -2.37. The summed E-state index contributed by atoms with van der Waals surface area (Å²) < 4.78 is 12.5. The minimum Gasteiger partial charge on any atom is -0.480 e. The summed E-state index contributed by atoms with van der Waals surface area (Å²) in [6, 6.07) is 3.08. The fraction of sp³-hybridized carbons (Fsp3) is 0.467. The van der Waals surface area contributed by atoms with Crippen molar-refractivity contribution < 1.29 is 14.3 Å². The topological polar surface area (TPSA) is 91.2 Å². The van der Waals surface area contributed by atoms with Crippen LogP contribution in [0, 0.1) is 6.92 Å². The van der Waals surface area contributed by atoms with Crippen molar-refractivity contribution in [3.63, 3.8) is 0 Å². The Hall–Kier alpha value is -2.48. The molecule has 23 heavy (non-hydrogen) atoms. The van der Waals surface area contributed by atoms with Gasteiger partial charge in [-0.15, -0.1) is 10.2 Å². The molecule has 1 N–H and O–H groups in total. The van der Waals surface area contributed by atoms with Crippen LogP contribution in [0.3, 0.4) is 0 Å². The smallest absolute Gasteiger partial charge is 0.272 e. The lowest BCUT2D eigenvalue weighted by molar-refractivity contribution is 0.0814. The zero-order valence-electron chi connectivity index (χ0n) is 13.3. The van der Waals surface area contributed by atoms with Crippen molar-refractivity contribution in [2.75, 3.05) is 13.7 Å². The highest BCUT2D eigenvalue weighted by atomic mass is 16.5. The maximum absolute atomic E-state index is 12.3. The number of hydrogen-bond acceptors (Lipinski definition) is 6. The number of ether oxygens (including phenoxy) is 2. The predicted octanol–water partition coefficient (Wildman–Crippen LogP) is 0.787. The van der Waals surface area contributed by atoms with Crippen molar-refractivity contribution in [1.29, 1.82) is 0 Å². The number of nitrogens with one attached hydrogen (secondary N) is 1. The molecule has 2 aromatic heterocycles. The molecule has 8 heteroatoms. The van der Waals surface area contributed by atoms with Gasteiger partial charge in [0.1, 0.15) is 6.10 Å². The normalized spacial score (nSPS) is 20.5. The van der Waals surface area contributed by atoms with Gasteiger partial charge in [-0.2, -0.15) is 5.10 Å². The average molecular weight is 317 g/mol. The van der Waals surface area contributed by atoms with Gasteiger partial charge in [0, 0.05) is 31.0 Å². The molecule has 3 rings (SSSR count). The summed E-state index contributed by atoms with van der Waals surface area (Å²) in [6.07, 6.45) is 2.34. The molecule has 0 unspecified atom stereocenters. The molecule has 1 aliphatic rings. The van der Waals surface area contributed by atoms with Gasteiger partial charge in [0.15, 0.2) is 5.69 Å². The van der Waals surface area contributed by atoms with Crippen LogP contribution in [0.15, 0.2) is 18.3 Å². The van der Waals surface area contributed by atoms with Crippen molar-refractivity contribution in [2.45, 2.75) is 25.5 Å². The Kier molecular flexibility index (Phi) is 4.24. The third-order valence-corrected chi connectivity index (χ3v) is 4.07. The lowest BCUT2D eigenvalue weighted by atomic mass is 10.0. The van der Waals surface area contributed by atoms with Crippen LogP contribution in [0.1, 0.15) is 34.3 Å². The van der Waals surface area contributed by atoms with Crippen LogP contribution in [0.2, 0.25) is 0 Å². The van der Waals surface area contributed by atoms with Gasteiger partial charge in [-0.3, -0.25) is 9.48 Å². The van der Waals surface area contributed by atoms with Gasteiger partial charge in [0.05, 0.1) is 19.3 Å². The molecular formula is C15H19N5O3. The van der Waals surface area contributed by atoms with Gasteiger partial charge in [0.2, 0.25) is 5.88 Å². The second kappa shape index (κ2) is 6.33. The maximum Gasteiger partial charge on any atom is 0.272 e. The summed E-state index contributed by atoms with van der Waals surface area (Å²) >= 11 is 0. The second-order valence-electron chi connectivity index (χ2n) is 5.43. The van der Waals surface area contributed by atoms with Crippen LogP contribution in [0.5, 0.6) is 5.88 Å². The Morgan fingerprint density at radius 3 is 2.87 bits per heavy atom. The van der Waals surface area contributed by atoms with Crippen LogP contribution in [0.25, 0.3) is 0 Å². The molecule has 0 aromatic carbocycles. The molecule has 2 atom stereocenters. The molecule has 2 aromatic rings. The van der Waals surface area contributed by atoms with Crippen molar-refractivity contribution in [3.8, 4) is 5.88 Å². The first-order chi connectivity index (χ1) is 11.1. The van der Waals surface area contributed by atoms with Gasteiger partial charge >= 0.3 is 0 Å². The van der Waals surface area contributed by atoms with E-state index in [4.69, 9.17) is 9.47 Å². The van der Waals surface area contributed by atoms with E-state index in [1.165, 1.54) is 7.11 Å². The summed E-state index contributed by atoms with van der Waals surface area (Å²) in [5.41, 5.74) is 2.27. The molecule has 0 aliphatic carbocycles. The van der Waals surface area contributed by atoms with Crippen LogP contribution in [-0.2, 0) is 11.8 Å². The summed E-state index contributed by atoms with van der Waals surface area (Å²) in [4.78, 5) is 12.3. The molecule has 0 spiro atoms. The Morgan fingerprint density at radius 1 is 1.43 bits per heavy atom. The quantitative estimate of drug-likeness (QED) is 0.896. The fourth-order valence-corrected chi connectivity index (χ4v) is 2.63. The highest BCUT2D eigenvalue weighted by Crippen LogP contribution is 2.31. The molecule has 1 aliphatic heterocycles. The standard InChI is InChI=1S/C15H19N5O3/c1-9-10(8-16-20(9)2)14-11(6-7-23-14)17-15(21)12-4-5-13(22-3)19-18-12/h4-5,8,11,14H,6-7H2,1-3H3,(H,17,21)/t11-,14+/m0/s1. The van der Waals surface area contributed by atoms with E-state index >= 15 is 0 Å². The summed E-state index contributed by atoms with van der Waals surface area (Å²) in [5.74, 6) is 0.0943. The van der Waals surface area contributed by atoms with E-state index in [1.807, 2.05) is 14.0 Å². The molecule has 122 valence electrons. The van der Waals surface area contributed by atoms with E-state index < -0.39 is 0 Å². The second-order valence-corrected chi connectivity index (χ2v) is 5.43. The number of nitrogens with zero attached hydrogens (tertiary/aromatic N) is 4. The number of amides is 1. The van der Waals surface area contributed by atoms with Crippen molar-refractivity contribution in [1.82, 2.24) is 25.3 Å². The van der Waals surface area contributed by atoms with E-state index in [9.17, 15) is 4.79 Å². The highest BCUT2D eigenvalue weighted by Gasteiger charge is 2.33. The SMILES string of the molecule is COc1ccc(C(=O)N[C@H]2CCO[C@@H]2c2cnn(C)c2C)nn1. The minimum atomic E-state index is -0.276. The molecule has 1 saturated heterocycles. The first-order valence-corrected chi connectivity index (χ1v) is 7.39. The number of aryl methyl sites for hydroxylation is 1. The predicted molar refractivity (Wildman–Crippen MR) is 81.1 cm³/mol. The first kappa shape index (κ1) is 15.4. The highest BCUT2D eigenvalue weighted by molar-refractivity contribution is 5.92. The van der Waals surface area contributed by atoms with Gasteiger partial charge < -0.3 is 14.8 Å². The van der Waals surface area contributed by atoms with E-state index in [-0.39, 0.29) is 23.7 Å². The number of rotatable bonds is 4. The summed E-state index contributed by atoms with van der Waals surface area (Å²) in [6.45, 7) is 2.58. The van der Waals surface area contributed by atoms with Gasteiger partial charge in [-0.25, -0.2) is 0 Å². The summed E-state index contributed by atoms with van der Waals surface area (Å²) in [7, 11) is 3.38. The Morgan fingerprint density at radius 2 is 2.26 bits per heavy atom. The Labute approximate surface area is 133 Å². The molecule has 1 fully saturated rings. The molecule has 8 nitrogen and oxygen atoms in total. The van der Waals surface area contributed by atoms with Crippen LogP contribution in [-0.4, -0.2) is 45.6 Å². The van der Waals surface area contributed by atoms with E-state index in [0.29, 0.717) is 12.5 Å². The fourth-order valence-electron chi connectivity index (χ4n) is 2.63. The largest absolute Gasteiger partial charge is 0.480 e. The van der Waals surface area contributed by atoms with Crippen molar-refractivity contribution in [2.24, 2.45) is 7.05 Å². The van der Waals surface area contributed by atoms with E-state index in [0.717, 1.165) is 17.7 Å². The Bertz CT molecular complexity index is 698. The molecule has 0 saturated carbocycles. The first-order valence-electron chi connectivity index (χ1n) is 7.39. The molecule has 3 heterocycles. The molecule has 1 amide bonds. The van der Waals surface area contributed by atoms with Gasteiger partial charge in [0.25, 0.3) is 5.91 Å². The number of carbonyl (C=O) groups is 1. The van der Waals surface area contributed by atoms with Gasteiger partial charge in [-0.1, -0.05) is 0 Å². The zero-order chi connectivity index (χ0) is 16.4. The number of methoxy groups -OCH3 is 1.